The van der Waals surface area contributed by atoms with Crippen molar-refractivity contribution in [2.24, 2.45) is 0 Å². The molecule has 3 rings (SSSR count). The maximum absolute atomic E-state index is 12.3. The van der Waals surface area contributed by atoms with Crippen molar-refractivity contribution in [2.45, 2.75) is 104 Å². The van der Waals surface area contributed by atoms with Gasteiger partial charge >= 0.3 is 11.9 Å². The average molecular weight is 718 g/mol. The Morgan fingerprint density at radius 2 is 1.06 bits per heavy atom. The summed E-state index contributed by atoms with van der Waals surface area (Å²) in [4.78, 5) is 24.5. The Hall–Kier alpha value is -2.88. The number of benzene rings is 3. The van der Waals surface area contributed by atoms with Crippen LogP contribution in [-0.4, -0.2) is 63.8 Å². The first-order valence-corrected chi connectivity index (χ1v) is 18.1. The quantitative estimate of drug-likeness (QED) is 0.0515. The van der Waals surface area contributed by atoms with E-state index in [-0.39, 0.29) is 51.2 Å². The fourth-order valence-corrected chi connectivity index (χ4v) is 5.56. The third kappa shape index (κ3) is 12.9. The largest absolute Gasteiger partial charge is 0.488 e. The van der Waals surface area contributed by atoms with Crippen LogP contribution in [0.5, 0.6) is 11.5 Å². The maximum Gasteiger partial charge on any atom is 0.305 e. The van der Waals surface area contributed by atoms with Crippen LogP contribution in [0.2, 0.25) is 0 Å². The lowest BCUT2D eigenvalue weighted by atomic mass is 10.0. The zero-order valence-electron chi connectivity index (χ0n) is 28.7. The molecule has 8 nitrogen and oxygen atoms in total. The van der Waals surface area contributed by atoms with Crippen molar-refractivity contribution >= 4 is 49.4 Å². The van der Waals surface area contributed by atoms with Gasteiger partial charge in [-0.15, -0.1) is 0 Å². The highest BCUT2D eigenvalue weighted by Crippen LogP contribution is 2.43. The minimum absolute atomic E-state index is 0.136. The van der Waals surface area contributed by atoms with Gasteiger partial charge in [0.05, 0.1) is 13.2 Å². The molecule has 0 amide bonds. The number of esters is 2. The number of fused-ring (bicyclic) bond motifs is 2. The van der Waals surface area contributed by atoms with Crippen LogP contribution in [0.4, 0.5) is 0 Å². The monoisotopic (exact) mass is 716 g/mol. The first-order valence-electron chi connectivity index (χ1n) is 17.4. The number of carbonyl (C=O) groups excluding carboxylic acids is 2. The van der Waals surface area contributed by atoms with E-state index < -0.39 is 12.2 Å². The number of hydrogen-bond donors (Lipinski definition) is 0. The summed E-state index contributed by atoms with van der Waals surface area (Å²) in [6.07, 6.45) is 8.28. The van der Waals surface area contributed by atoms with E-state index in [1.165, 1.54) is 12.8 Å². The lowest BCUT2D eigenvalue weighted by Gasteiger charge is -2.23. The van der Waals surface area contributed by atoms with E-state index >= 15 is 0 Å². The fraction of sp³-hybridized carbons (Fsp3) is 0.579. The Balaban J connectivity index is 1.86. The molecule has 0 aromatic heterocycles. The summed E-state index contributed by atoms with van der Waals surface area (Å²) in [5, 5.41) is 3.39. The highest BCUT2D eigenvalue weighted by atomic mass is 79.9. The summed E-state index contributed by atoms with van der Waals surface area (Å²) in [5.41, 5.74) is 0. The van der Waals surface area contributed by atoms with Gasteiger partial charge in [-0.25, -0.2) is 0 Å². The van der Waals surface area contributed by atoms with Gasteiger partial charge in [0, 0.05) is 52.1 Å². The summed E-state index contributed by atoms with van der Waals surface area (Å²) in [6.45, 7) is 9.93. The molecule has 47 heavy (non-hydrogen) atoms. The SMILES string of the molecule is CCCCCCOCC(COc1c2ccccc2c(OCC(COCCCCCC)OC(=O)CC)c2cc(Br)ccc12)OC(=O)CC. The van der Waals surface area contributed by atoms with E-state index in [1.807, 2.05) is 42.5 Å². The van der Waals surface area contributed by atoms with Gasteiger partial charge in [0.1, 0.15) is 24.7 Å². The van der Waals surface area contributed by atoms with Crippen molar-refractivity contribution in [3.05, 3.63) is 46.9 Å². The Morgan fingerprint density at radius 1 is 0.596 bits per heavy atom. The average Bonchev–Trinajstić information content (AvgIpc) is 3.08. The molecular weight excluding hydrogens is 664 g/mol. The topological polar surface area (TPSA) is 89.5 Å². The van der Waals surface area contributed by atoms with Gasteiger partial charge < -0.3 is 28.4 Å². The van der Waals surface area contributed by atoms with Crippen molar-refractivity contribution in [1.29, 1.82) is 0 Å². The molecule has 3 aromatic carbocycles. The van der Waals surface area contributed by atoms with Crippen LogP contribution < -0.4 is 9.47 Å². The Bertz CT molecular complexity index is 1380. The molecule has 0 fully saturated rings. The summed E-state index contributed by atoms with van der Waals surface area (Å²) < 4.78 is 37.1. The van der Waals surface area contributed by atoms with Crippen molar-refractivity contribution in [1.82, 2.24) is 0 Å². The third-order valence-electron chi connectivity index (χ3n) is 7.78. The highest BCUT2D eigenvalue weighted by molar-refractivity contribution is 9.10. The maximum atomic E-state index is 12.3. The zero-order valence-corrected chi connectivity index (χ0v) is 30.2. The second-order valence-corrected chi connectivity index (χ2v) is 12.6. The number of rotatable bonds is 24. The number of unbranched alkanes of at least 4 members (excludes halogenated alkanes) is 6. The van der Waals surface area contributed by atoms with E-state index in [2.05, 4.69) is 29.8 Å². The summed E-state index contributed by atoms with van der Waals surface area (Å²) in [5.74, 6) is 0.742. The van der Waals surface area contributed by atoms with Gasteiger partial charge in [0.2, 0.25) is 0 Å². The number of halogens is 1. The molecule has 0 saturated carbocycles. The lowest BCUT2D eigenvalue weighted by molar-refractivity contribution is -0.154. The zero-order chi connectivity index (χ0) is 33.9. The van der Waals surface area contributed by atoms with E-state index in [4.69, 9.17) is 28.4 Å². The normalized spacial score (nSPS) is 12.6. The molecule has 0 bridgehead atoms. The number of hydrogen-bond acceptors (Lipinski definition) is 8. The van der Waals surface area contributed by atoms with Crippen LogP contribution in [0.25, 0.3) is 21.5 Å². The van der Waals surface area contributed by atoms with Crippen LogP contribution in [-0.2, 0) is 28.5 Å². The van der Waals surface area contributed by atoms with Crippen molar-refractivity contribution in [3.63, 3.8) is 0 Å². The fourth-order valence-electron chi connectivity index (χ4n) is 5.20. The van der Waals surface area contributed by atoms with Crippen LogP contribution in [0, 0.1) is 0 Å². The van der Waals surface area contributed by atoms with Gasteiger partial charge in [-0.3, -0.25) is 9.59 Å². The summed E-state index contributed by atoms with van der Waals surface area (Å²) in [6, 6.07) is 13.8. The first-order chi connectivity index (χ1) is 22.9. The molecule has 2 atom stereocenters. The molecule has 2 unspecified atom stereocenters. The molecule has 0 aliphatic carbocycles. The van der Waals surface area contributed by atoms with Crippen LogP contribution in [0.1, 0.15) is 91.9 Å². The Labute approximate surface area is 288 Å². The molecule has 0 heterocycles. The second-order valence-electron chi connectivity index (χ2n) is 11.7. The van der Waals surface area contributed by atoms with Crippen LogP contribution in [0.15, 0.2) is 46.9 Å². The standard InChI is InChI=1S/C38H53BrO8/c1-5-9-11-15-21-42-24-29(46-35(40)7-3)26-44-37-31-17-13-14-18-32(31)38(34-23-28(39)19-20-33(34)37)45-27-30(47-36(41)8-4)25-43-22-16-12-10-6-2/h13-14,17-20,23,29-30H,5-12,15-16,21-22,24-27H2,1-4H3. The van der Waals surface area contributed by atoms with Crippen LogP contribution in [0.3, 0.4) is 0 Å². The molecule has 0 N–H and O–H groups in total. The molecule has 0 aliphatic rings. The molecule has 0 aliphatic heterocycles. The lowest BCUT2D eigenvalue weighted by Crippen LogP contribution is -2.30. The van der Waals surface area contributed by atoms with Crippen LogP contribution >= 0.6 is 15.9 Å². The van der Waals surface area contributed by atoms with Gasteiger partial charge in [0.15, 0.2) is 12.2 Å². The van der Waals surface area contributed by atoms with Gasteiger partial charge in [-0.05, 0) is 31.0 Å². The third-order valence-corrected chi connectivity index (χ3v) is 8.27. The van der Waals surface area contributed by atoms with E-state index in [0.717, 1.165) is 64.5 Å². The van der Waals surface area contributed by atoms with E-state index in [9.17, 15) is 9.59 Å². The molecule has 3 aromatic rings. The summed E-state index contributed by atoms with van der Waals surface area (Å²) >= 11 is 3.63. The molecule has 260 valence electrons. The molecule has 9 heteroatoms. The smallest absolute Gasteiger partial charge is 0.305 e. The van der Waals surface area contributed by atoms with Crippen molar-refractivity contribution in [3.8, 4) is 11.5 Å². The molecule has 0 spiro atoms. The minimum Gasteiger partial charge on any atom is -0.488 e. The first kappa shape index (κ1) is 38.6. The molecule has 0 radical (unpaired) electrons. The molecule has 0 saturated heterocycles. The van der Waals surface area contributed by atoms with E-state index in [1.54, 1.807) is 13.8 Å². The summed E-state index contributed by atoms with van der Waals surface area (Å²) in [7, 11) is 0. The molecular formula is C38H53BrO8. The predicted octanol–water partition coefficient (Wildman–Crippen LogP) is 9.35. The Kier molecular flexibility index (Phi) is 18.0. The number of ether oxygens (including phenoxy) is 6. The van der Waals surface area contributed by atoms with Crippen molar-refractivity contribution in [2.75, 3.05) is 39.6 Å². The van der Waals surface area contributed by atoms with Gasteiger partial charge in [-0.1, -0.05) is 106 Å². The minimum atomic E-state index is -0.554. The second kappa shape index (κ2) is 21.9. The highest BCUT2D eigenvalue weighted by Gasteiger charge is 2.22. The Morgan fingerprint density at radius 3 is 1.53 bits per heavy atom. The van der Waals surface area contributed by atoms with Crippen molar-refractivity contribution < 1.29 is 38.0 Å². The van der Waals surface area contributed by atoms with Gasteiger partial charge in [0.25, 0.3) is 0 Å². The van der Waals surface area contributed by atoms with E-state index in [0.29, 0.717) is 24.7 Å². The van der Waals surface area contributed by atoms with Gasteiger partial charge in [-0.2, -0.15) is 0 Å². The number of carbonyl (C=O) groups is 2. The predicted molar refractivity (Wildman–Crippen MR) is 190 cm³/mol.